The van der Waals surface area contributed by atoms with E-state index in [2.05, 4.69) is 39.9 Å². The van der Waals surface area contributed by atoms with Crippen LogP contribution in [0.15, 0.2) is 65.5 Å². The highest BCUT2D eigenvalue weighted by molar-refractivity contribution is 5.98. The third-order valence-corrected chi connectivity index (χ3v) is 10.8. The Bertz CT molecular complexity index is 1850. The molecule has 2 aliphatic rings. The molecule has 0 radical (unpaired) electrons. The van der Waals surface area contributed by atoms with Crippen molar-refractivity contribution in [2.45, 2.75) is 77.7 Å². The number of carbonyl (C=O) groups excluding carboxylic acids is 3. The van der Waals surface area contributed by atoms with Crippen molar-refractivity contribution in [2.75, 3.05) is 18.4 Å². The van der Waals surface area contributed by atoms with Crippen molar-refractivity contribution in [3.05, 3.63) is 87.7 Å². The van der Waals surface area contributed by atoms with Gasteiger partial charge >= 0.3 is 0 Å². The maximum Gasteiger partial charge on any atom is 0.271 e. The van der Waals surface area contributed by atoms with Crippen LogP contribution in [0.25, 0.3) is 22.0 Å². The molecule has 9 nitrogen and oxygen atoms in total. The molecule has 1 saturated heterocycles. The molecule has 6 rings (SSSR count). The Labute approximate surface area is 287 Å². The second kappa shape index (κ2) is 15.5. The normalized spacial score (nSPS) is 21.7. The lowest BCUT2D eigenvalue weighted by molar-refractivity contribution is -0.129. The van der Waals surface area contributed by atoms with E-state index in [0.717, 1.165) is 72.9 Å². The Morgan fingerprint density at radius 3 is 2.41 bits per heavy atom. The van der Waals surface area contributed by atoms with Gasteiger partial charge in [0.05, 0.1) is 10.9 Å². The number of H-pyrrole nitrogens is 2. The molecule has 0 spiro atoms. The average molecular weight is 664 g/mol. The van der Waals surface area contributed by atoms with Gasteiger partial charge < -0.3 is 16.4 Å². The lowest BCUT2D eigenvalue weighted by atomic mass is 9.77. The SMILES string of the molecule is Cc1cc(C(=O)CC2CCNC(C)C2)ccc1-c1ccc(C[C@H](CC(=O)C2CCC(CN)CC2)C(=O)Nc2ccc3c(=O)[nH][nH]c3c2)cc1. The van der Waals surface area contributed by atoms with E-state index in [1.807, 2.05) is 37.3 Å². The van der Waals surface area contributed by atoms with Crippen LogP contribution >= 0.6 is 0 Å². The lowest BCUT2D eigenvalue weighted by Crippen LogP contribution is -2.36. The molecule has 3 aromatic carbocycles. The Kier molecular flexibility index (Phi) is 10.9. The van der Waals surface area contributed by atoms with Crippen molar-refractivity contribution in [3.8, 4) is 11.1 Å². The summed E-state index contributed by atoms with van der Waals surface area (Å²) in [6.45, 7) is 5.84. The van der Waals surface area contributed by atoms with Gasteiger partial charge in [0.1, 0.15) is 5.78 Å². The fraction of sp³-hybridized carbons (Fsp3) is 0.450. The first kappa shape index (κ1) is 34.5. The van der Waals surface area contributed by atoms with E-state index in [1.165, 1.54) is 0 Å². The maximum absolute atomic E-state index is 13.7. The van der Waals surface area contributed by atoms with Gasteiger partial charge in [0.2, 0.25) is 5.91 Å². The highest BCUT2D eigenvalue weighted by atomic mass is 16.2. The van der Waals surface area contributed by atoms with Crippen LogP contribution in [-0.2, 0) is 16.0 Å². The van der Waals surface area contributed by atoms with E-state index in [1.54, 1.807) is 18.2 Å². The fourth-order valence-electron chi connectivity index (χ4n) is 7.81. The molecule has 1 saturated carbocycles. The molecule has 2 unspecified atom stereocenters. The third-order valence-electron chi connectivity index (χ3n) is 10.8. The van der Waals surface area contributed by atoms with E-state index in [9.17, 15) is 19.2 Å². The number of benzene rings is 3. The van der Waals surface area contributed by atoms with Crippen LogP contribution in [0, 0.1) is 30.6 Å². The molecule has 1 aliphatic heterocycles. The molecule has 1 aliphatic carbocycles. The molecule has 49 heavy (non-hydrogen) atoms. The second-order valence-electron chi connectivity index (χ2n) is 14.5. The van der Waals surface area contributed by atoms with Gasteiger partial charge in [0.25, 0.3) is 5.56 Å². The first-order valence-electron chi connectivity index (χ1n) is 17.9. The van der Waals surface area contributed by atoms with Crippen LogP contribution in [0.3, 0.4) is 0 Å². The molecule has 4 aromatic rings. The zero-order valence-corrected chi connectivity index (χ0v) is 28.6. The van der Waals surface area contributed by atoms with Crippen molar-refractivity contribution in [1.29, 1.82) is 0 Å². The van der Waals surface area contributed by atoms with Crippen molar-refractivity contribution in [1.82, 2.24) is 15.5 Å². The number of hydrogen-bond acceptors (Lipinski definition) is 6. The van der Waals surface area contributed by atoms with E-state index in [4.69, 9.17) is 5.73 Å². The van der Waals surface area contributed by atoms with Gasteiger partial charge in [0, 0.05) is 42.0 Å². The lowest BCUT2D eigenvalue weighted by Gasteiger charge is -2.27. The quantitative estimate of drug-likeness (QED) is 0.112. The van der Waals surface area contributed by atoms with Gasteiger partial charge in [-0.05, 0) is 130 Å². The minimum atomic E-state index is -0.554. The van der Waals surface area contributed by atoms with Crippen molar-refractivity contribution in [3.63, 3.8) is 0 Å². The number of aryl methyl sites for hydroxylation is 1. The number of anilines is 1. The molecule has 1 aromatic heterocycles. The van der Waals surface area contributed by atoms with E-state index in [0.29, 0.717) is 53.9 Å². The number of carbonyl (C=O) groups is 3. The first-order chi connectivity index (χ1) is 23.7. The second-order valence-corrected chi connectivity index (χ2v) is 14.5. The summed E-state index contributed by atoms with van der Waals surface area (Å²) in [6.07, 6.45) is 6.79. The average Bonchev–Trinajstić information content (AvgIpc) is 3.47. The number of hydrogen-bond donors (Lipinski definition) is 5. The Balaban J connectivity index is 1.15. The topological polar surface area (TPSA) is 150 Å². The monoisotopic (exact) mass is 663 g/mol. The van der Waals surface area contributed by atoms with Gasteiger partial charge in [-0.2, -0.15) is 0 Å². The zero-order valence-electron chi connectivity index (χ0n) is 28.6. The number of aromatic amines is 2. The molecule has 258 valence electrons. The Morgan fingerprint density at radius 1 is 0.918 bits per heavy atom. The van der Waals surface area contributed by atoms with Crippen molar-refractivity contribution in [2.24, 2.45) is 29.4 Å². The van der Waals surface area contributed by atoms with Gasteiger partial charge in [-0.15, -0.1) is 0 Å². The standard InChI is InChI=1S/C40H49N5O4/c1-24-17-31(37(46)20-28-15-16-42-25(2)18-28)11-13-34(24)29-7-3-26(4-8-29)19-32(21-38(47)30-9-5-27(23-41)6-10-30)39(48)43-33-12-14-35-36(22-33)44-45-40(35)49/h3-4,7-8,11-14,17,22,25,27-28,30,32,42H,5-6,9-10,15-16,18-21,23,41H2,1-2H3,(H,43,48)(H2,44,45,49)/t25?,27?,28?,30?,32-/m1/s1. The van der Waals surface area contributed by atoms with E-state index in [-0.39, 0.29) is 35.4 Å². The summed E-state index contributed by atoms with van der Waals surface area (Å²) in [5.74, 6) is 0.427. The summed E-state index contributed by atoms with van der Waals surface area (Å²) in [6, 6.07) is 19.7. The number of ketones is 2. The molecule has 1 amide bonds. The number of aromatic nitrogens is 2. The molecule has 9 heteroatoms. The van der Waals surface area contributed by atoms with Crippen molar-refractivity contribution < 1.29 is 14.4 Å². The molecule has 3 atom stereocenters. The molecular weight excluding hydrogens is 614 g/mol. The van der Waals surface area contributed by atoms with Gasteiger partial charge in [-0.1, -0.05) is 36.4 Å². The summed E-state index contributed by atoms with van der Waals surface area (Å²) < 4.78 is 0. The van der Waals surface area contributed by atoms with Gasteiger partial charge in [-0.3, -0.25) is 29.4 Å². The van der Waals surface area contributed by atoms with Crippen LogP contribution in [0.5, 0.6) is 0 Å². The summed E-state index contributed by atoms with van der Waals surface area (Å²) in [5, 5.41) is 12.4. The predicted molar refractivity (Wildman–Crippen MR) is 195 cm³/mol. The van der Waals surface area contributed by atoms with Crippen LogP contribution in [-0.4, -0.2) is 46.8 Å². The number of piperidine rings is 1. The zero-order chi connectivity index (χ0) is 34.5. The summed E-state index contributed by atoms with van der Waals surface area (Å²) in [7, 11) is 0. The van der Waals surface area contributed by atoms with Gasteiger partial charge in [-0.25, -0.2) is 0 Å². The fourth-order valence-corrected chi connectivity index (χ4v) is 7.81. The number of nitrogens with two attached hydrogens (primary N) is 1. The van der Waals surface area contributed by atoms with E-state index < -0.39 is 5.92 Å². The van der Waals surface area contributed by atoms with Crippen LogP contribution in [0.1, 0.15) is 79.8 Å². The first-order valence-corrected chi connectivity index (χ1v) is 17.9. The molecule has 2 fully saturated rings. The molecular formula is C40H49N5O4. The minimum absolute atomic E-state index is 0.0391. The number of amides is 1. The Morgan fingerprint density at radius 2 is 1.69 bits per heavy atom. The molecule has 6 N–H and O–H groups in total. The minimum Gasteiger partial charge on any atom is -0.330 e. The van der Waals surface area contributed by atoms with Crippen LogP contribution < -0.4 is 21.9 Å². The number of nitrogens with one attached hydrogen (secondary N) is 4. The van der Waals surface area contributed by atoms with Crippen molar-refractivity contribution >= 4 is 34.1 Å². The smallest absolute Gasteiger partial charge is 0.271 e. The maximum atomic E-state index is 13.7. The number of Topliss-reactive ketones (excluding diaryl/α,β-unsaturated/α-hetero) is 2. The highest BCUT2D eigenvalue weighted by Gasteiger charge is 2.30. The number of fused-ring (bicyclic) bond motifs is 1. The van der Waals surface area contributed by atoms with Crippen LogP contribution in [0.2, 0.25) is 0 Å². The number of rotatable bonds is 12. The molecule has 0 bridgehead atoms. The summed E-state index contributed by atoms with van der Waals surface area (Å²) in [4.78, 5) is 52.3. The largest absolute Gasteiger partial charge is 0.330 e. The van der Waals surface area contributed by atoms with Crippen LogP contribution in [0.4, 0.5) is 5.69 Å². The van der Waals surface area contributed by atoms with E-state index >= 15 is 0 Å². The third kappa shape index (κ3) is 8.46. The predicted octanol–water partition coefficient (Wildman–Crippen LogP) is 6.31. The summed E-state index contributed by atoms with van der Waals surface area (Å²) in [5.41, 5.74) is 11.7. The van der Waals surface area contributed by atoms with Gasteiger partial charge in [0.15, 0.2) is 5.78 Å². The summed E-state index contributed by atoms with van der Waals surface area (Å²) >= 11 is 0. The Hall–Kier alpha value is -4.34. The highest BCUT2D eigenvalue weighted by Crippen LogP contribution is 2.32. The molecule has 2 heterocycles.